The number of ether oxygens (including phenoxy) is 3. The highest BCUT2D eigenvalue weighted by atomic mass is 35.5. The van der Waals surface area contributed by atoms with Crippen LogP contribution in [0.2, 0.25) is 5.02 Å². The van der Waals surface area contributed by atoms with Gasteiger partial charge in [-0.25, -0.2) is 9.78 Å². The molecule has 5 heterocycles. The van der Waals surface area contributed by atoms with Gasteiger partial charge in [0.2, 0.25) is 0 Å². The minimum absolute atomic E-state index is 0.0236. The Bertz CT molecular complexity index is 1420. The first-order chi connectivity index (χ1) is 18.8. The average Bonchev–Trinajstić information content (AvgIpc) is 3.32. The predicted octanol–water partition coefficient (Wildman–Crippen LogP) is 5.09. The lowest BCUT2D eigenvalue weighted by Gasteiger charge is -2.36. The molecule has 1 aromatic carbocycles. The first kappa shape index (κ1) is 24.7. The molecule has 0 radical (unpaired) electrons. The normalized spacial score (nSPS) is 23.2. The largest absolute Gasteiger partial charge is 0.491 e. The molecule has 3 fully saturated rings. The second kappa shape index (κ2) is 9.39. The van der Waals surface area contributed by atoms with Crippen molar-refractivity contribution in [1.82, 2.24) is 14.8 Å². The fourth-order valence-corrected chi connectivity index (χ4v) is 5.82. The Hall–Kier alpha value is -3.34. The molecule has 1 aliphatic carbocycles. The van der Waals surface area contributed by atoms with Crippen LogP contribution >= 0.6 is 11.6 Å². The minimum atomic E-state index is -0.597. The monoisotopic (exact) mass is 550 g/mol. The lowest BCUT2D eigenvalue weighted by Crippen LogP contribution is -2.48. The van der Waals surface area contributed by atoms with Crippen LogP contribution in [0, 0.1) is 0 Å². The summed E-state index contributed by atoms with van der Waals surface area (Å²) in [6, 6.07) is 9.57. The topological polar surface area (TPSA) is 94.0 Å². The molecule has 2 bridgehead atoms. The molecule has 39 heavy (non-hydrogen) atoms. The molecule has 4 aliphatic rings. The van der Waals surface area contributed by atoms with E-state index in [1.165, 1.54) is 0 Å². The van der Waals surface area contributed by atoms with Gasteiger partial charge in [-0.2, -0.15) is 5.10 Å². The highest BCUT2D eigenvalue weighted by molar-refractivity contribution is 6.33. The molecule has 2 amide bonds. The first-order valence-corrected chi connectivity index (χ1v) is 13.9. The molecule has 2 saturated heterocycles. The van der Waals surface area contributed by atoms with E-state index in [9.17, 15) is 4.79 Å². The molecule has 11 heteroatoms. The van der Waals surface area contributed by atoms with Crippen LogP contribution in [0.5, 0.6) is 5.75 Å². The number of hydrogen-bond donors (Lipinski definition) is 1. The Labute approximate surface area is 231 Å². The van der Waals surface area contributed by atoms with Crippen LogP contribution in [0.3, 0.4) is 0 Å². The maximum absolute atomic E-state index is 13.7. The van der Waals surface area contributed by atoms with Crippen LogP contribution in [0.1, 0.15) is 39.2 Å². The quantitative estimate of drug-likeness (QED) is 0.456. The number of pyridine rings is 1. The summed E-state index contributed by atoms with van der Waals surface area (Å²) in [5.74, 6) is 0.667. The van der Waals surface area contributed by atoms with Crippen LogP contribution in [0.25, 0.3) is 11.3 Å². The minimum Gasteiger partial charge on any atom is -0.491 e. The van der Waals surface area contributed by atoms with Gasteiger partial charge in [0.15, 0.2) is 11.6 Å². The lowest BCUT2D eigenvalue weighted by atomic mass is 10.1. The molecule has 1 N–H and O–H groups in total. The predicted molar refractivity (Wildman–Crippen MR) is 148 cm³/mol. The van der Waals surface area contributed by atoms with Crippen molar-refractivity contribution >= 4 is 34.8 Å². The Morgan fingerprint density at radius 1 is 1.23 bits per heavy atom. The van der Waals surface area contributed by atoms with Crippen molar-refractivity contribution in [1.29, 1.82) is 0 Å². The molecular weight excluding hydrogens is 520 g/mol. The molecule has 1 saturated carbocycles. The number of halogens is 1. The number of nitrogens with one attached hydrogen (secondary N) is 1. The summed E-state index contributed by atoms with van der Waals surface area (Å²) in [5.41, 5.74) is 3.01. The van der Waals surface area contributed by atoms with Crippen molar-refractivity contribution in [2.24, 2.45) is 0 Å². The molecular formula is C28H31ClN6O4. The standard InChI is InChI=1S/C28H31ClN6O4/c1-28(2)38-16-22(39-28)15-37-21-5-3-4-18(10-21)31-27(36)35-20-8-9-33(14-20)24-11-23(29)25(32-26(24)35)17-12-30-34(13-17)19-6-7-19/h3-5,10-13,19-20,22H,6-9,14-16H2,1-2H3,(H,31,36)/t20-,22+/m0/s1. The highest BCUT2D eigenvalue weighted by Gasteiger charge is 2.41. The number of rotatable bonds is 6. The van der Waals surface area contributed by atoms with E-state index in [1.807, 2.05) is 55.1 Å². The second-order valence-electron chi connectivity index (χ2n) is 11.1. The molecule has 3 aliphatic heterocycles. The van der Waals surface area contributed by atoms with Gasteiger partial charge in [-0.05, 0) is 51.3 Å². The van der Waals surface area contributed by atoms with Crippen molar-refractivity contribution < 1.29 is 19.0 Å². The number of fused-ring (bicyclic) bond motifs is 4. The van der Waals surface area contributed by atoms with Crippen molar-refractivity contribution in [3.8, 4) is 17.0 Å². The Morgan fingerprint density at radius 3 is 2.90 bits per heavy atom. The summed E-state index contributed by atoms with van der Waals surface area (Å²) in [4.78, 5) is 22.7. The fourth-order valence-electron chi connectivity index (χ4n) is 5.57. The summed E-state index contributed by atoms with van der Waals surface area (Å²) in [5, 5.41) is 8.12. The molecule has 3 aromatic rings. The highest BCUT2D eigenvalue weighted by Crippen LogP contribution is 2.44. The van der Waals surface area contributed by atoms with Gasteiger partial charge >= 0.3 is 6.03 Å². The molecule has 2 aromatic heterocycles. The van der Waals surface area contributed by atoms with Crippen LogP contribution in [-0.2, 0) is 9.47 Å². The number of carbonyl (C=O) groups excluding carboxylic acids is 1. The van der Waals surface area contributed by atoms with E-state index in [0.717, 1.165) is 43.6 Å². The number of carbonyl (C=O) groups is 1. The number of anilines is 3. The third kappa shape index (κ3) is 4.81. The van der Waals surface area contributed by atoms with Gasteiger partial charge in [-0.1, -0.05) is 17.7 Å². The number of amides is 2. The van der Waals surface area contributed by atoms with Crippen molar-refractivity contribution in [2.45, 2.75) is 57.1 Å². The SMILES string of the molecule is CC1(C)OC[C@@H](COc2cccc(NC(=O)N3c4nc(-c5cnn(C6CC6)c5)c(Cl)cc4N4CC[C@H]3C4)c2)O1. The van der Waals surface area contributed by atoms with Crippen LogP contribution < -0.4 is 19.9 Å². The van der Waals surface area contributed by atoms with Gasteiger partial charge in [0, 0.05) is 36.6 Å². The smallest absolute Gasteiger partial charge is 0.327 e. The van der Waals surface area contributed by atoms with E-state index in [-0.39, 0.29) is 18.2 Å². The van der Waals surface area contributed by atoms with Gasteiger partial charge in [0.05, 0.1) is 41.3 Å². The maximum Gasteiger partial charge on any atom is 0.327 e. The summed E-state index contributed by atoms with van der Waals surface area (Å²) < 4.78 is 19.4. The van der Waals surface area contributed by atoms with Gasteiger partial charge < -0.3 is 24.4 Å². The third-order valence-electron chi connectivity index (χ3n) is 7.64. The van der Waals surface area contributed by atoms with E-state index < -0.39 is 5.79 Å². The molecule has 7 rings (SSSR count). The van der Waals surface area contributed by atoms with Crippen LogP contribution in [-0.4, -0.2) is 65.0 Å². The second-order valence-corrected chi connectivity index (χ2v) is 11.5. The molecule has 204 valence electrons. The van der Waals surface area contributed by atoms with E-state index in [1.54, 1.807) is 11.1 Å². The summed E-state index contributed by atoms with van der Waals surface area (Å²) >= 11 is 6.73. The van der Waals surface area contributed by atoms with E-state index in [2.05, 4.69) is 15.3 Å². The number of urea groups is 1. The lowest BCUT2D eigenvalue weighted by molar-refractivity contribution is -0.141. The van der Waals surface area contributed by atoms with Gasteiger partial charge in [-0.3, -0.25) is 9.58 Å². The number of nitrogens with zero attached hydrogens (tertiary/aromatic N) is 5. The van der Waals surface area contributed by atoms with E-state index in [4.69, 9.17) is 30.8 Å². The summed E-state index contributed by atoms with van der Waals surface area (Å²) in [7, 11) is 0. The van der Waals surface area contributed by atoms with Crippen molar-refractivity contribution in [3.05, 3.63) is 47.7 Å². The van der Waals surface area contributed by atoms with E-state index >= 15 is 0 Å². The summed E-state index contributed by atoms with van der Waals surface area (Å²) in [6.07, 6.45) is 6.80. The molecule has 10 nitrogen and oxygen atoms in total. The van der Waals surface area contributed by atoms with Gasteiger partial charge in [0.1, 0.15) is 18.5 Å². The van der Waals surface area contributed by atoms with E-state index in [0.29, 0.717) is 47.2 Å². The van der Waals surface area contributed by atoms with Crippen molar-refractivity contribution in [2.75, 3.05) is 41.4 Å². The van der Waals surface area contributed by atoms with Crippen LogP contribution in [0.4, 0.5) is 22.0 Å². The Balaban J connectivity index is 1.12. The van der Waals surface area contributed by atoms with Crippen LogP contribution in [0.15, 0.2) is 42.7 Å². The zero-order valence-electron chi connectivity index (χ0n) is 22.0. The van der Waals surface area contributed by atoms with Gasteiger partial charge in [-0.15, -0.1) is 0 Å². The Morgan fingerprint density at radius 2 is 2.10 bits per heavy atom. The molecule has 2 atom stereocenters. The first-order valence-electron chi connectivity index (χ1n) is 13.5. The number of hydrogen-bond acceptors (Lipinski definition) is 7. The molecule has 0 spiro atoms. The number of aromatic nitrogens is 3. The fraction of sp³-hybridized carbons (Fsp3) is 0.464. The van der Waals surface area contributed by atoms with Crippen molar-refractivity contribution in [3.63, 3.8) is 0 Å². The van der Waals surface area contributed by atoms with Gasteiger partial charge in [0.25, 0.3) is 0 Å². The zero-order valence-corrected chi connectivity index (χ0v) is 22.7. The maximum atomic E-state index is 13.7. The Kier molecular flexibility index (Phi) is 5.94. The molecule has 0 unspecified atom stereocenters. The zero-order chi connectivity index (χ0) is 26.7. The number of benzene rings is 1. The summed E-state index contributed by atoms with van der Waals surface area (Å²) in [6.45, 7) is 6.22. The third-order valence-corrected chi connectivity index (χ3v) is 7.93. The average molecular weight is 551 g/mol.